The van der Waals surface area contributed by atoms with Gasteiger partial charge in [0.05, 0.1) is 45.9 Å². The third kappa shape index (κ3) is 4.25. The van der Waals surface area contributed by atoms with Gasteiger partial charge in [0.15, 0.2) is 5.15 Å². The summed E-state index contributed by atoms with van der Waals surface area (Å²) in [7, 11) is 0. The number of nitrogens with one attached hydrogen (secondary N) is 1. The number of benzene rings is 1. The molecule has 0 radical (unpaired) electrons. The quantitative estimate of drug-likeness (QED) is 0.491. The van der Waals surface area contributed by atoms with Crippen LogP contribution in [0.4, 0.5) is 17.3 Å². The molecule has 1 saturated carbocycles. The molecular weight excluding hydrogens is 463 g/mol. The maximum atomic E-state index is 10.8. The van der Waals surface area contributed by atoms with E-state index in [1.54, 1.807) is 26.2 Å². The van der Waals surface area contributed by atoms with E-state index in [9.17, 15) is 10.2 Å². The Bertz CT molecular complexity index is 1190. The molecule has 2 atom stereocenters. The lowest BCUT2D eigenvalue weighted by Gasteiger charge is -2.43. The van der Waals surface area contributed by atoms with Crippen LogP contribution in [0.1, 0.15) is 33.6 Å². The van der Waals surface area contributed by atoms with E-state index in [-0.39, 0.29) is 18.4 Å². The van der Waals surface area contributed by atoms with Crippen LogP contribution in [-0.4, -0.2) is 54.3 Å². The number of anilines is 3. The lowest BCUT2D eigenvalue weighted by molar-refractivity contribution is -0.0271. The summed E-state index contributed by atoms with van der Waals surface area (Å²) >= 11 is 13.1. The monoisotopic (exact) mass is 490 g/mol. The summed E-state index contributed by atoms with van der Waals surface area (Å²) in [5.41, 5.74) is 0.704. The highest BCUT2D eigenvalue weighted by atomic mass is 35.5. The number of halogens is 2. The third-order valence-electron chi connectivity index (χ3n) is 6.95. The van der Waals surface area contributed by atoms with E-state index >= 15 is 0 Å². The Kier molecular flexibility index (Phi) is 5.47. The van der Waals surface area contributed by atoms with Crippen molar-refractivity contribution in [3.63, 3.8) is 0 Å². The normalized spacial score (nSPS) is 25.1. The first-order valence-corrected chi connectivity index (χ1v) is 11.9. The lowest BCUT2D eigenvalue weighted by atomic mass is 9.82. The minimum Gasteiger partial charge on any atom is -0.389 e. The van der Waals surface area contributed by atoms with Crippen molar-refractivity contribution in [3.8, 4) is 0 Å². The molecule has 8 nitrogen and oxygen atoms in total. The summed E-state index contributed by atoms with van der Waals surface area (Å²) in [6, 6.07) is 3.88. The summed E-state index contributed by atoms with van der Waals surface area (Å²) in [6.07, 6.45) is 5.39. The molecular formula is C23H28Cl2N6O2. The fourth-order valence-electron chi connectivity index (χ4n) is 5.07. The van der Waals surface area contributed by atoms with Crippen molar-refractivity contribution in [1.82, 2.24) is 19.7 Å². The van der Waals surface area contributed by atoms with E-state index in [1.807, 2.05) is 19.1 Å². The van der Waals surface area contributed by atoms with Gasteiger partial charge in [-0.15, -0.1) is 0 Å². The summed E-state index contributed by atoms with van der Waals surface area (Å²) in [6.45, 7) is 7.18. The van der Waals surface area contributed by atoms with E-state index in [0.29, 0.717) is 21.8 Å². The molecule has 1 aliphatic carbocycles. The Hall–Kier alpha value is -2.13. The van der Waals surface area contributed by atoms with Crippen molar-refractivity contribution < 1.29 is 10.2 Å². The smallest absolute Gasteiger partial charge is 0.227 e. The van der Waals surface area contributed by atoms with E-state index in [1.165, 1.54) is 4.68 Å². The van der Waals surface area contributed by atoms with Crippen LogP contribution in [0.25, 0.3) is 10.9 Å². The molecule has 176 valence electrons. The Morgan fingerprint density at radius 3 is 2.55 bits per heavy atom. The van der Waals surface area contributed by atoms with Gasteiger partial charge in [-0.1, -0.05) is 23.2 Å². The number of nitrogens with zero attached hydrogens (tertiary/aromatic N) is 5. The van der Waals surface area contributed by atoms with E-state index in [0.717, 1.165) is 42.5 Å². The number of fused-ring (bicyclic) bond motifs is 3. The fourth-order valence-corrected chi connectivity index (χ4v) is 5.56. The van der Waals surface area contributed by atoms with E-state index in [4.69, 9.17) is 23.2 Å². The van der Waals surface area contributed by atoms with Crippen molar-refractivity contribution in [3.05, 3.63) is 34.7 Å². The molecule has 2 unspecified atom stereocenters. The number of aromatic nitrogens is 4. The van der Waals surface area contributed by atoms with Gasteiger partial charge in [-0.25, -0.2) is 14.6 Å². The molecule has 1 aliphatic heterocycles. The second-order valence-electron chi connectivity index (χ2n) is 10.1. The summed E-state index contributed by atoms with van der Waals surface area (Å²) in [4.78, 5) is 11.3. The van der Waals surface area contributed by atoms with Crippen LogP contribution >= 0.6 is 23.2 Å². The maximum absolute atomic E-state index is 10.8. The Morgan fingerprint density at radius 1 is 1.18 bits per heavy atom. The van der Waals surface area contributed by atoms with Gasteiger partial charge < -0.3 is 20.4 Å². The highest BCUT2D eigenvalue weighted by molar-refractivity contribution is 6.34. The molecule has 3 aromatic rings. The molecule has 2 aromatic heterocycles. The van der Waals surface area contributed by atoms with Crippen LogP contribution in [0.3, 0.4) is 0 Å². The predicted molar refractivity (Wildman–Crippen MR) is 130 cm³/mol. The van der Waals surface area contributed by atoms with Crippen LogP contribution in [-0.2, 0) is 6.54 Å². The molecule has 0 spiro atoms. The summed E-state index contributed by atoms with van der Waals surface area (Å²) < 4.78 is 1.53. The lowest BCUT2D eigenvalue weighted by Crippen LogP contribution is -2.52. The van der Waals surface area contributed by atoms with Crippen molar-refractivity contribution in [2.75, 3.05) is 23.3 Å². The molecule has 1 aromatic carbocycles. The van der Waals surface area contributed by atoms with Crippen molar-refractivity contribution in [2.24, 2.45) is 11.8 Å². The molecule has 2 fully saturated rings. The van der Waals surface area contributed by atoms with E-state index < -0.39 is 11.2 Å². The number of rotatable bonds is 5. The van der Waals surface area contributed by atoms with Gasteiger partial charge in [0.25, 0.3) is 0 Å². The fraction of sp³-hybridized carbons (Fsp3) is 0.522. The number of piperidine rings is 1. The molecule has 1 saturated heterocycles. The molecule has 33 heavy (non-hydrogen) atoms. The molecule has 5 rings (SSSR count). The van der Waals surface area contributed by atoms with Gasteiger partial charge in [0.1, 0.15) is 0 Å². The predicted octanol–water partition coefficient (Wildman–Crippen LogP) is 4.24. The molecule has 0 amide bonds. The van der Waals surface area contributed by atoms with Crippen LogP contribution in [0.15, 0.2) is 24.5 Å². The van der Waals surface area contributed by atoms with Gasteiger partial charge in [0, 0.05) is 36.5 Å². The SMILES string of the molecule is CC(C)(O)Cn1ncc(Nc2ncc3cc(Cl)c(N4CC5CCC(C4)C5(C)O)cc3n2)c1Cl. The average Bonchev–Trinajstić information content (AvgIpc) is 3.08. The summed E-state index contributed by atoms with van der Waals surface area (Å²) in [5, 5.41) is 30.1. The second-order valence-corrected chi connectivity index (χ2v) is 10.9. The van der Waals surface area contributed by atoms with Gasteiger partial charge in [-0.05, 0) is 45.7 Å². The van der Waals surface area contributed by atoms with Crippen molar-refractivity contribution in [1.29, 1.82) is 0 Å². The van der Waals surface area contributed by atoms with Crippen LogP contribution in [0.5, 0.6) is 0 Å². The first-order valence-electron chi connectivity index (χ1n) is 11.2. The van der Waals surface area contributed by atoms with Crippen molar-refractivity contribution in [2.45, 2.75) is 51.4 Å². The largest absolute Gasteiger partial charge is 0.389 e. The molecule has 3 heterocycles. The van der Waals surface area contributed by atoms with Gasteiger partial charge in [0.2, 0.25) is 5.95 Å². The zero-order chi connectivity index (χ0) is 23.5. The zero-order valence-electron chi connectivity index (χ0n) is 18.9. The van der Waals surface area contributed by atoms with Gasteiger partial charge in [-0.2, -0.15) is 5.10 Å². The van der Waals surface area contributed by atoms with Gasteiger partial charge >= 0.3 is 0 Å². The molecule has 10 heteroatoms. The van der Waals surface area contributed by atoms with Gasteiger partial charge in [-0.3, -0.25) is 0 Å². The summed E-state index contributed by atoms with van der Waals surface area (Å²) in [5.74, 6) is 0.878. The first kappa shape index (κ1) is 22.7. The standard InChI is InChI=1S/C23H28Cl2N6O2/c1-22(2,32)12-31-20(25)18(9-27-31)29-21-26-8-13-6-16(24)19(7-17(13)28-21)30-10-14-4-5-15(11-30)23(14,3)33/h6-9,14-15,32-33H,4-5,10-12H2,1-3H3,(H,26,28,29). The maximum Gasteiger partial charge on any atom is 0.227 e. The minimum atomic E-state index is -0.941. The van der Waals surface area contributed by atoms with Crippen LogP contribution in [0, 0.1) is 11.8 Å². The highest BCUT2D eigenvalue weighted by Gasteiger charge is 2.49. The second kappa shape index (κ2) is 7.98. The number of aliphatic hydroxyl groups is 2. The number of hydrogen-bond acceptors (Lipinski definition) is 7. The number of hydrogen-bond donors (Lipinski definition) is 3. The third-order valence-corrected chi connectivity index (χ3v) is 7.65. The highest BCUT2D eigenvalue weighted by Crippen LogP contribution is 2.47. The van der Waals surface area contributed by atoms with Crippen LogP contribution in [0.2, 0.25) is 10.2 Å². The Balaban J connectivity index is 1.41. The van der Waals surface area contributed by atoms with Crippen LogP contribution < -0.4 is 10.2 Å². The topological polar surface area (TPSA) is 99.3 Å². The Labute approximate surface area is 202 Å². The van der Waals surface area contributed by atoms with Crippen molar-refractivity contribution >= 4 is 51.4 Å². The molecule has 2 aliphatic rings. The van der Waals surface area contributed by atoms with E-state index in [2.05, 4.69) is 25.3 Å². The Morgan fingerprint density at radius 2 is 1.88 bits per heavy atom. The molecule has 2 bridgehead atoms. The zero-order valence-corrected chi connectivity index (χ0v) is 20.4. The minimum absolute atomic E-state index is 0.244. The first-order chi connectivity index (χ1) is 15.5. The average molecular weight is 491 g/mol. The molecule has 3 N–H and O–H groups in total.